The average Bonchev–Trinajstić information content (AvgIpc) is 3.41. The van der Waals surface area contributed by atoms with Crippen molar-refractivity contribution < 1.29 is 8.78 Å². The summed E-state index contributed by atoms with van der Waals surface area (Å²) in [7, 11) is 0. The maximum atomic E-state index is 14.9. The van der Waals surface area contributed by atoms with E-state index in [0.717, 1.165) is 41.4 Å². The highest BCUT2D eigenvalue weighted by molar-refractivity contribution is 8.00. The molecule has 31 heavy (non-hydrogen) atoms. The molecule has 0 amide bonds. The van der Waals surface area contributed by atoms with Gasteiger partial charge in [-0.2, -0.15) is 0 Å². The number of fused-ring (bicyclic) bond motifs is 1. The van der Waals surface area contributed by atoms with Gasteiger partial charge in [0.2, 0.25) is 0 Å². The van der Waals surface area contributed by atoms with Crippen molar-refractivity contribution in [1.82, 2.24) is 14.5 Å². The minimum Gasteiger partial charge on any atom is -0.383 e. The topological polar surface area (TPSA) is 68.8 Å². The highest BCUT2D eigenvalue weighted by Crippen LogP contribution is 2.39. The van der Waals surface area contributed by atoms with Crippen molar-refractivity contribution in [1.29, 1.82) is 0 Å². The van der Waals surface area contributed by atoms with Crippen LogP contribution < -0.4 is 10.5 Å². The zero-order valence-electron chi connectivity index (χ0n) is 16.7. The molecule has 5 nitrogen and oxygen atoms in total. The molecule has 158 valence electrons. The number of hydrogen-bond donors (Lipinski definition) is 2. The van der Waals surface area contributed by atoms with Crippen molar-refractivity contribution in [2.45, 2.75) is 36.6 Å². The summed E-state index contributed by atoms with van der Waals surface area (Å²) >= 11 is 1.16. The van der Waals surface area contributed by atoms with Crippen LogP contribution in [0.1, 0.15) is 31.7 Å². The van der Waals surface area contributed by atoms with Gasteiger partial charge in [-0.3, -0.25) is 0 Å². The van der Waals surface area contributed by atoms with Gasteiger partial charge in [-0.1, -0.05) is 25.0 Å². The van der Waals surface area contributed by atoms with E-state index in [0.29, 0.717) is 28.0 Å². The number of rotatable bonds is 5. The lowest BCUT2D eigenvalue weighted by molar-refractivity contribution is 0.532. The van der Waals surface area contributed by atoms with Crippen molar-refractivity contribution in [2.75, 3.05) is 10.5 Å². The van der Waals surface area contributed by atoms with Gasteiger partial charge in [0, 0.05) is 22.7 Å². The zero-order valence-corrected chi connectivity index (χ0v) is 17.5. The van der Waals surface area contributed by atoms with Gasteiger partial charge in [0.15, 0.2) is 0 Å². The number of anilines is 2. The minimum atomic E-state index is -0.404. The predicted molar refractivity (Wildman–Crippen MR) is 121 cm³/mol. The second-order valence-electron chi connectivity index (χ2n) is 7.70. The van der Waals surface area contributed by atoms with Crippen LogP contribution in [0.3, 0.4) is 0 Å². The van der Waals surface area contributed by atoms with E-state index in [2.05, 4.69) is 19.3 Å². The van der Waals surface area contributed by atoms with Gasteiger partial charge >= 0.3 is 0 Å². The molecule has 1 aliphatic rings. The fourth-order valence-corrected chi connectivity index (χ4v) is 4.91. The fraction of sp³-hybridized carbons (Fsp3) is 0.217. The molecule has 1 saturated carbocycles. The standard InChI is InChI=1S/C23H21F2N5S/c24-15-4-3-7-17(11-15)31-29-20-9-8-14(10-19(20)25)18-12-30(16-5-1-2-6-16)23-21(18)22(26)27-13-28-23/h3-4,7-13,16,29H,1-2,5-6H2,(H2,26,27,28). The molecule has 0 spiro atoms. The maximum absolute atomic E-state index is 14.9. The van der Waals surface area contributed by atoms with Gasteiger partial charge < -0.3 is 15.0 Å². The van der Waals surface area contributed by atoms with Crippen LogP contribution in [0.15, 0.2) is 59.9 Å². The van der Waals surface area contributed by atoms with Crippen molar-refractivity contribution in [3.63, 3.8) is 0 Å². The summed E-state index contributed by atoms with van der Waals surface area (Å²) in [6, 6.07) is 11.5. The summed E-state index contributed by atoms with van der Waals surface area (Å²) in [4.78, 5) is 9.29. The molecule has 0 aliphatic heterocycles. The molecule has 1 aliphatic carbocycles. The first-order valence-corrected chi connectivity index (χ1v) is 11.0. The van der Waals surface area contributed by atoms with Gasteiger partial charge in [-0.25, -0.2) is 18.7 Å². The monoisotopic (exact) mass is 437 g/mol. The van der Waals surface area contributed by atoms with Crippen molar-refractivity contribution in [2.24, 2.45) is 0 Å². The third-order valence-electron chi connectivity index (χ3n) is 5.71. The predicted octanol–water partition coefficient (Wildman–Crippen LogP) is 6.19. The van der Waals surface area contributed by atoms with E-state index in [1.54, 1.807) is 18.2 Å². The average molecular weight is 438 g/mol. The van der Waals surface area contributed by atoms with Gasteiger partial charge in [-0.15, -0.1) is 0 Å². The molecule has 0 bridgehead atoms. The second kappa shape index (κ2) is 8.19. The first-order chi connectivity index (χ1) is 15.1. The lowest BCUT2D eigenvalue weighted by Gasteiger charge is -2.12. The third kappa shape index (κ3) is 3.83. The maximum Gasteiger partial charge on any atom is 0.147 e. The van der Waals surface area contributed by atoms with Crippen LogP contribution in [-0.4, -0.2) is 14.5 Å². The quantitative estimate of drug-likeness (QED) is 0.364. The number of hydrogen-bond acceptors (Lipinski definition) is 5. The molecule has 8 heteroatoms. The van der Waals surface area contributed by atoms with Crippen LogP contribution in [0.2, 0.25) is 0 Å². The van der Waals surface area contributed by atoms with Crippen LogP contribution >= 0.6 is 11.9 Å². The van der Waals surface area contributed by atoms with Crippen LogP contribution in [0.25, 0.3) is 22.2 Å². The molecular formula is C23H21F2N5S. The molecule has 0 saturated heterocycles. The Labute approximate surface area is 182 Å². The molecule has 5 rings (SSSR count). The Bertz CT molecular complexity index is 1250. The van der Waals surface area contributed by atoms with E-state index in [1.165, 1.54) is 37.4 Å². The zero-order chi connectivity index (χ0) is 21.4. The number of aromatic nitrogens is 3. The van der Waals surface area contributed by atoms with Crippen molar-refractivity contribution in [3.05, 3.63) is 66.6 Å². The Kier molecular flexibility index (Phi) is 5.23. The second-order valence-corrected chi connectivity index (χ2v) is 8.58. The number of halogens is 2. The van der Waals surface area contributed by atoms with Crippen molar-refractivity contribution in [3.8, 4) is 11.1 Å². The highest BCUT2D eigenvalue weighted by atomic mass is 32.2. The number of nitrogens with zero attached hydrogens (tertiary/aromatic N) is 3. The number of nitrogen functional groups attached to an aromatic ring is 1. The molecule has 2 aromatic heterocycles. The van der Waals surface area contributed by atoms with E-state index in [4.69, 9.17) is 5.73 Å². The van der Waals surface area contributed by atoms with Gasteiger partial charge in [0.05, 0.1) is 11.1 Å². The van der Waals surface area contributed by atoms with Crippen LogP contribution in [0.5, 0.6) is 0 Å². The number of benzene rings is 2. The smallest absolute Gasteiger partial charge is 0.147 e. The summed E-state index contributed by atoms with van der Waals surface area (Å²) < 4.78 is 33.4. The fourth-order valence-electron chi connectivity index (χ4n) is 4.20. The van der Waals surface area contributed by atoms with Gasteiger partial charge in [-0.05, 0) is 60.7 Å². The summed E-state index contributed by atoms with van der Waals surface area (Å²) in [5.41, 5.74) is 8.84. The summed E-state index contributed by atoms with van der Waals surface area (Å²) in [5.74, 6) is -0.347. The highest BCUT2D eigenvalue weighted by Gasteiger charge is 2.23. The molecule has 0 atom stereocenters. The Morgan fingerprint density at radius 1 is 1.06 bits per heavy atom. The lowest BCUT2D eigenvalue weighted by atomic mass is 10.1. The minimum absolute atomic E-state index is 0.321. The molecule has 2 aromatic carbocycles. The lowest BCUT2D eigenvalue weighted by Crippen LogP contribution is -2.04. The number of nitrogens with one attached hydrogen (secondary N) is 1. The Morgan fingerprint density at radius 3 is 2.68 bits per heavy atom. The molecule has 0 unspecified atom stereocenters. The van der Waals surface area contributed by atoms with E-state index in [1.807, 2.05) is 12.3 Å². The largest absolute Gasteiger partial charge is 0.383 e. The van der Waals surface area contributed by atoms with E-state index >= 15 is 0 Å². The van der Waals surface area contributed by atoms with Crippen LogP contribution in [0, 0.1) is 11.6 Å². The summed E-state index contributed by atoms with van der Waals surface area (Å²) in [5, 5.41) is 0.753. The normalized spacial score (nSPS) is 14.4. The SMILES string of the molecule is Nc1ncnc2c1c(-c1ccc(NSc3cccc(F)c3)c(F)c1)cn2C1CCCC1. The summed E-state index contributed by atoms with van der Waals surface area (Å²) in [6.07, 6.45) is 8.08. The Hall–Kier alpha value is -3.13. The molecular weight excluding hydrogens is 416 g/mol. The number of nitrogens with two attached hydrogens (primary N) is 1. The first kappa shape index (κ1) is 19.8. The molecule has 1 fully saturated rings. The van der Waals surface area contributed by atoms with Crippen LogP contribution in [-0.2, 0) is 0 Å². The van der Waals surface area contributed by atoms with Crippen LogP contribution in [0.4, 0.5) is 20.3 Å². The van der Waals surface area contributed by atoms with Gasteiger partial charge in [0.1, 0.15) is 29.4 Å². The third-order valence-corrected chi connectivity index (χ3v) is 6.52. The van der Waals surface area contributed by atoms with E-state index in [-0.39, 0.29) is 5.82 Å². The summed E-state index contributed by atoms with van der Waals surface area (Å²) in [6.45, 7) is 0. The van der Waals surface area contributed by atoms with Gasteiger partial charge in [0.25, 0.3) is 0 Å². The Morgan fingerprint density at radius 2 is 1.90 bits per heavy atom. The van der Waals surface area contributed by atoms with E-state index in [9.17, 15) is 8.78 Å². The molecule has 2 heterocycles. The van der Waals surface area contributed by atoms with Crippen molar-refractivity contribution >= 4 is 34.5 Å². The Balaban J connectivity index is 1.48. The molecule has 3 N–H and O–H groups in total. The van der Waals surface area contributed by atoms with E-state index < -0.39 is 5.82 Å². The first-order valence-electron chi connectivity index (χ1n) is 10.2. The molecule has 4 aromatic rings. The molecule has 0 radical (unpaired) electrons.